The summed E-state index contributed by atoms with van der Waals surface area (Å²) in [6, 6.07) is 5.59. The molecule has 9 heteroatoms. The molecule has 0 radical (unpaired) electrons. The van der Waals surface area contributed by atoms with Crippen molar-refractivity contribution in [3.8, 4) is 11.5 Å². The molecule has 2 bridgehead atoms. The van der Waals surface area contributed by atoms with Crippen molar-refractivity contribution in [1.82, 2.24) is 9.80 Å². The van der Waals surface area contributed by atoms with Crippen LogP contribution in [0.4, 0.5) is 0 Å². The summed E-state index contributed by atoms with van der Waals surface area (Å²) in [5.41, 5.74) is 1.01. The maximum Gasteiger partial charge on any atom is 0.317 e. The van der Waals surface area contributed by atoms with Crippen LogP contribution in [-0.2, 0) is 20.9 Å². The lowest BCUT2D eigenvalue weighted by Crippen LogP contribution is -2.44. The van der Waals surface area contributed by atoms with Gasteiger partial charge in [0.15, 0.2) is 11.5 Å². The van der Waals surface area contributed by atoms with Gasteiger partial charge in [-0.2, -0.15) is 0 Å². The highest BCUT2D eigenvalue weighted by molar-refractivity contribution is 5.69. The van der Waals surface area contributed by atoms with E-state index in [9.17, 15) is 9.90 Å². The summed E-state index contributed by atoms with van der Waals surface area (Å²) in [5, 5.41) is 25.9. The number of hydrogen-bond donors (Lipinski definition) is 3. The van der Waals surface area contributed by atoms with E-state index in [2.05, 4.69) is 4.90 Å². The maximum atomic E-state index is 11.0. The number of rotatable bonds is 5. The van der Waals surface area contributed by atoms with E-state index in [1.165, 1.54) is 7.11 Å². The van der Waals surface area contributed by atoms with Gasteiger partial charge in [-0.3, -0.25) is 19.4 Å². The minimum Gasteiger partial charge on any atom is -0.504 e. The number of methoxy groups -OCH3 is 1. The quantitative estimate of drug-likeness (QED) is 0.618. The SMILES string of the molecule is COc1ccc(CN2C[C@H]3COC[C@@H]2CN(CC(=O)O)C3)cc1O.O=CO. The van der Waals surface area contributed by atoms with E-state index < -0.39 is 5.97 Å². The molecule has 2 fully saturated rings. The molecule has 3 rings (SSSR count). The fourth-order valence-corrected chi connectivity index (χ4v) is 3.61. The van der Waals surface area contributed by atoms with Gasteiger partial charge in [-0.1, -0.05) is 6.07 Å². The molecule has 0 aromatic heterocycles. The predicted molar refractivity (Wildman–Crippen MR) is 95.9 cm³/mol. The molecule has 0 amide bonds. The average Bonchev–Trinajstić information content (AvgIpc) is 2.85. The largest absolute Gasteiger partial charge is 0.504 e. The van der Waals surface area contributed by atoms with Crippen LogP contribution in [0, 0.1) is 5.92 Å². The topological polar surface area (TPSA) is 120 Å². The molecule has 2 saturated heterocycles. The molecule has 0 saturated carbocycles. The molecular weight excluding hydrogens is 356 g/mol. The highest BCUT2D eigenvalue weighted by atomic mass is 16.5. The zero-order valence-corrected chi connectivity index (χ0v) is 15.3. The number of carbonyl (C=O) groups is 2. The lowest BCUT2D eigenvalue weighted by Gasteiger charge is -2.30. The van der Waals surface area contributed by atoms with Gasteiger partial charge < -0.3 is 24.8 Å². The van der Waals surface area contributed by atoms with Gasteiger partial charge in [-0.15, -0.1) is 0 Å². The Hall–Kier alpha value is -2.36. The number of carboxylic acids is 1. The third kappa shape index (κ3) is 6.09. The van der Waals surface area contributed by atoms with E-state index in [0.717, 1.165) is 18.7 Å². The molecule has 2 aliphatic rings. The molecule has 3 N–H and O–H groups in total. The number of ether oxygens (including phenoxy) is 2. The number of hydrogen-bond acceptors (Lipinski definition) is 7. The van der Waals surface area contributed by atoms with Crippen LogP contribution in [0.3, 0.4) is 0 Å². The van der Waals surface area contributed by atoms with Crippen molar-refractivity contribution in [1.29, 1.82) is 0 Å². The van der Waals surface area contributed by atoms with Crippen LogP contribution >= 0.6 is 0 Å². The summed E-state index contributed by atoms with van der Waals surface area (Å²) >= 11 is 0. The van der Waals surface area contributed by atoms with Crippen LogP contribution in [0.1, 0.15) is 5.56 Å². The van der Waals surface area contributed by atoms with Crippen LogP contribution in [0.15, 0.2) is 18.2 Å². The summed E-state index contributed by atoms with van der Waals surface area (Å²) < 4.78 is 10.8. The van der Waals surface area contributed by atoms with Crippen LogP contribution < -0.4 is 4.74 Å². The molecule has 2 heterocycles. The molecule has 2 atom stereocenters. The molecule has 1 aromatic rings. The van der Waals surface area contributed by atoms with Crippen molar-refractivity contribution in [3.05, 3.63) is 23.8 Å². The predicted octanol–water partition coefficient (Wildman–Crippen LogP) is 0.319. The van der Waals surface area contributed by atoms with Gasteiger partial charge in [0.05, 0.1) is 26.9 Å². The lowest BCUT2D eigenvalue weighted by atomic mass is 10.1. The Labute approximate surface area is 157 Å². The van der Waals surface area contributed by atoms with Crippen LogP contribution in [0.5, 0.6) is 11.5 Å². The van der Waals surface area contributed by atoms with Gasteiger partial charge in [0.2, 0.25) is 0 Å². The van der Waals surface area contributed by atoms with Crippen molar-refractivity contribution in [2.24, 2.45) is 5.92 Å². The van der Waals surface area contributed by atoms with Crippen molar-refractivity contribution in [2.75, 3.05) is 46.5 Å². The Morgan fingerprint density at radius 2 is 2.07 bits per heavy atom. The van der Waals surface area contributed by atoms with Gasteiger partial charge in [0.1, 0.15) is 0 Å². The first-order valence-corrected chi connectivity index (χ1v) is 8.66. The lowest BCUT2D eigenvalue weighted by molar-refractivity contribution is -0.138. The first-order chi connectivity index (χ1) is 13.0. The smallest absolute Gasteiger partial charge is 0.317 e. The van der Waals surface area contributed by atoms with E-state index in [1.54, 1.807) is 12.1 Å². The monoisotopic (exact) mass is 382 g/mol. The molecule has 1 aromatic carbocycles. The van der Waals surface area contributed by atoms with Crippen LogP contribution in [0.2, 0.25) is 0 Å². The highest BCUT2D eigenvalue weighted by Gasteiger charge is 2.33. The first-order valence-electron chi connectivity index (χ1n) is 8.66. The van der Waals surface area contributed by atoms with E-state index in [-0.39, 0.29) is 24.8 Å². The summed E-state index contributed by atoms with van der Waals surface area (Å²) in [5.74, 6) is 0.104. The van der Waals surface area contributed by atoms with E-state index in [0.29, 0.717) is 38.0 Å². The maximum absolute atomic E-state index is 11.0. The van der Waals surface area contributed by atoms with E-state index in [4.69, 9.17) is 24.5 Å². The highest BCUT2D eigenvalue weighted by Crippen LogP contribution is 2.28. The third-order valence-corrected chi connectivity index (χ3v) is 4.65. The van der Waals surface area contributed by atoms with Gasteiger partial charge in [0, 0.05) is 38.1 Å². The number of phenolic OH excluding ortho intramolecular Hbond substituents is 1. The van der Waals surface area contributed by atoms with Crippen LogP contribution in [-0.4, -0.2) is 90.1 Å². The molecule has 9 nitrogen and oxygen atoms in total. The molecule has 0 spiro atoms. The Balaban J connectivity index is 0.000000817. The van der Waals surface area contributed by atoms with E-state index in [1.807, 2.05) is 11.0 Å². The summed E-state index contributed by atoms with van der Waals surface area (Å²) in [4.78, 5) is 23.7. The average molecular weight is 382 g/mol. The molecular formula is C18H26N2O7. The molecule has 0 aliphatic carbocycles. The standard InChI is InChI=1S/C17H24N2O5.CH2O2/c1-23-16-3-2-12(4-15(16)20)6-19-7-13-5-18(9-17(21)22)8-14(19)11-24-10-13;2-1-3/h2-4,13-14,20H,5-11H2,1H3,(H,21,22);1H,(H,2,3)/t13-,14-;/m0./s1. The van der Waals surface area contributed by atoms with Crippen molar-refractivity contribution >= 4 is 12.4 Å². The number of aliphatic carboxylic acids is 1. The first kappa shape index (κ1) is 20.9. The number of phenols is 1. The minimum atomic E-state index is -0.789. The molecule has 150 valence electrons. The fourth-order valence-electron chi connectivity index (χ4n) is 3.61. The Morgan fingerprint density at radius 1 is 1.33 bits per heavy atom. The normalized spacial score (nSPS) is 22.9. The van der Waals surface area contributed by atoms with Gasteiger partial charge in [-0.25, -0.2) is 0 Å². The molecule has 27 heavy (non-hydrogen) atoms. The zero-order chi connectivity index (χ0) is 19.8. The van der Waals surface area contributed by atoms with Gasteiger partial charge >= 0.3 is 5.97 Å². The number of nitrogens with zero attached hydrogens (tertiary/aromatic N) is 2. The second kappa shape index (κ2) is 10.1. The Kier molecular flexibility index (Phi) is 7.83. The van der Waals surface area contributed by atoms with Gasteiger partial charge in [-0.05, 0) is 17.7 Å². The number of benzene rings is 1. The Bertz CT molecular complexity index is 640. The number of aromatic hydroxyl groups is 1. The summed E-state index contributed by atoms with van der Waals surface area (Å²) in [7, 11) is 1.53. The summed E-state index contributed by atoms with van der Waals surface area (Å²) in [6.07, 6.45) is 0. The fraction of sp³-hybridized carbons (Fsp3) is 0.556. The minimum absolute atomic E-state index is 0.0736. The van der Waals surface area contributed by atoms with Crippen LogP contribution in [0.25, 0.3) is 0 Å². The third-order valence-electron chi connectivity index (χ3n) is 4.65. The second-order valence-corrected chi connectivity index (χ2v) is 6.69. The number of carboxylic acid groups (broad SMARTS) is 2. The van der Waals surface area contributed by atoms with Crippen molar-refractivity contribution in [3.63, 3.8) is 0 Å². The Morgan fingerprint density at radius 3 is 2.70 bits per heavy atom. The van der Waals surface area contributed by atoms with E-state index >= 15 is 0 Å². The molecule has 0 unspecified atom stereocenters. The molecule has 2 aliphatic heterocycles. The van der Waals surface area contributed by atoms with Crippen molar-refractivity contribution in [2.45, 2.75) is 12.6 Å². The summed E-state index contributed by atoms with van der Waals surface area (Å²) in [6.45, 7) is 4.09. The zero-order valence-electron chi connectivity index (χ0n) is 15.3. The van der Waals surface area contributed by atoms with Gasteiger partial charge in [0.25, 0.3) is 6.47 Å². The second-order valence-electron chi connectivity index (χ2n) is 6.69. The number of fused-ring (bicyclic) bond motifs is 3. The van der Waals surface area contributed by atoms with Crippen molar-refractivity contribution < 1.29 is 34.4 Å².